The quantitative estimate of drug-likeness (QED) is 0.386. The molecule has 0 rings (SSSR count). The van der Waals surface area contributed by atoms with Gasteiger partial charge in [0.25, 0.3) is 0 Å². The molecule has 0 bridgehead atoms. The van der Waals surface area contributed by atoms with E-state index in [1.165, 1.54) is 44.9 Å². The van der Waals surface area contributed by atoms with Crippen molar-refractivity contribution in [1.29, 1.82) is 0 Å². The van der Waals surface area contributed by atoms with E-state index in [-0.39, 0.29) is 24.3 Å². The van der Waals surface area contributed by atoms with Crippen molar-refractivity contribution in [2.45, 2.75) is 104 Å². The molecule has 4 nitrogen and oxygen atoms in total. The Hall–Kier alpha value is -0.900. The highest BCUT2D eigenvalue weighted by atomic mass is 16.5. The molecular formula is C18H35NO3. The van der Waals surface area contributed by atoms with Crippen molar-refractivity contribution >= 4 is 11.8 Å². The van der Waals surface area contributed by atoms with Crippen LogP contribution in [-0.4, -0.2) is 23.9 Å². The van der Waals surface area contributed by atoms with E-state index in [2.05, 4.69) is 6.92 Å². The van der Waals surface area contributed by atoms with E-state index in [9.17, 15) is 9.59 Å². The molecule has 1 unspecified atom stereocenters. The Morgan fingerprint density at radius 1 is 0.909 bits per heavy atom. The number of unbranched alkanes of at least 4 members (excludes halogenated alkanes) is 8. The summed E-state index contributed by atoms with van der Waals surface area (Å²) in [6.07, 6.45) is 11.3. The van der Waals surface area contributed by atoms with Crippen molar-refractivity contribution in [1.82, 2.24) is 0 Å². The lowest BCUT2D eigenvalue weighted by Gasteiger charge is -2.12. The number of rotatable bonds is 14. The lowest BCUT2D eigenvalue weighted by Crippen LogP contribution is -2.34. The highest BCUT2D eigenvalue weighted by Crippen LogP contribution is 2.11. The van der Waals surface area contributed by atoms with Gasteiger partial charge in [0.05, 0.1) is 18.6 Å². The first-order valence-electron chi connectivity index (χ1n) is 8.95. The van der Waals surface area contributed by atoms with Gasteiger partial charge in [-0.05, 0) is 20.3 Å². The molecule has 0 aliphatic carbocycles. The maximum absolute atomic E-state index is 11.8. The summed E-state index contributed by atoms with van der Waals surface area (Å²) in [4.78, 5) is 23.3. The predicted octanol–water partition coefficient (Wildman–Crippen LogP) is 4.15. The van der Waals surface area contributed by atoms with Crippen LogP contribution in [0.1, 0.15) is 91.4 Å². The molecule has 0 aromatic heterocycles. The molecular weight excluding hydrogens is 278 g/mol. The first-order valence-corrected chi connectivity index (χ1v) is 8.95. The molecule has 0 fully saturated rings. The van der Waals surface area contributed by atoms with Crippen molar-refractivity contribution in [3.8, 4) is 0 Å². The van der Waals surface area contributed by atoms with E-state index in [1.54, 1.807) is 13.8 Å². The zero-order valence-corrected chi connectivity index (χ0v) is 14.7. The fraction of sp³-hybridized carbons (Fsp3) is 0.889. The molecule has 0 aliphatic rings. The van der Waals surface area contributed by atoms with Gasteiger partial charge in [0, 0.05) is 6.42 Å². The van der Waals surface area contributed by atoms with Crippen LogP contribution >= 0.6 is 0 Å². The molecule has 4 heteroatoms. The van der Waals surface area contributed by atoms with Gasteiger partial charge in [-0.15, -0.1) is 0 Å². The van der Waals surface area contributed by atoms with Crippen molar-refractivity contribution in [2.75, 3.05) is 0 Å². The fourth-order valence-electron chi connectivity index (χ4n) is 2.40. The number of hydrogen-bond acceptors (Lipinski definition) is 4. The molecule has 0 saturated heterocycles. The molecule has 130 valence electrons. The van der Waals surface area contributed by atoms with Crippen molar-refractivity contribution in [3.63, 3.8) is 0 Å². The number of ether oxygens (including phenoxy) is 1. The molecule has 1 atom stereocenters. The summed E-state index contributed by atoms with van der Waals surface area (Å²) in [6, 6.07) is -0.708. The third kappa shape index (κ3) is 12.8. The van der Waals surface area contributed by atoms with Gasteiger partial charge in [-0.2, -0.15) is 0 Å². The predicted molar refractivity (Wildman–Crippen MR) is 90.7 cm³/mol. The molecule has 2 N–H and O–H groups in total. The first-order chi connectivity index (χ1) is 10.5. The van der Waals surface area contributed by atoms with Crippen LogP contribution in [0.2, 0.25) is 0 Å². The monoisotopic (exact) mass is 313 g/mol. The van der Waals surface area contributed by atoms with Gasteiger partial charge in [0.2, 0.25) is 0 Å². The van der Waals surface area contributed by atoms with Crippen LogP contribution in [0.25, 0.3) is 0 Å². The van der Waals surface area contributed by atoms with Gasteiger partial charge in [-0.3, -0.25) is 9.59 Å². The number of Topliss-reactive ketones (excluding diaryl/α,β-unsaturated/α-hetero) is 1. The van der Waals surface area contributed by atoms with Gasteiger partial charge in [-0.1, -0.05) is 58.3 Å². The zero-order chi connectivity index (χ0) is 16.8. The first kappa shape index (κ1) is 21.1. The Morgan fingerprint density at radius 3 is 1.91 bits per heavy atom. The van der Waals surface area contributed by atoms with Crippen LogP contribution in [-0.2, 0) is 14.3 Å². The van der Waals surface area contributed by atoms with Crippen molar-refractivity contribution in [3.05, 3.63) is 0 Å². The third-order valence-electron chi connectivity index (χ3n) is 3.69. The Balaban J connectivity index is 3.54. The van der Waals surface area contributed by atoms with Crippen LogP contribution in [0.5, 0.6) is 0 Å². The van der Waals surface area contributed by atoms with E-state index >= 15 is 0 Å². The van der Waals surface area contributed by atoms with Crippen LogP contribution in [0.4, 0.5) is 0 Å². The lowest BCUT2D eigenvalue weighted by molar-refractivity contribution is -0.148. The second kappa shape index (κ2) is 13.7. The van der Waals surface area contributed by atoms with E-state index in [1.807, 2.05) is 0 Å². The van der Waals surface area contributed by atoms with Crippen LogP contribution < -0.4 is 5.73 Å². The lowest BCUT2D eigenvalue weighted by atomic mass is 10.0. The average molecular weight is 313 g/mol. The molecule has 22 heavy (non-hydrogen) atoms. The number of nitrogens with two attached hydrogens (primary N) is 1. The third-order valence-corrected chi connectivity index (χ3v) is 3.69. The minimum Gasteiger partial charge on any atom is -0.463 e. The Bertz CT molecular complexity index is 303. The van der Waals surface area contributed by atoms with Gasteiger partial charge in [0.15, 0.2) is 0 Å². The molecule has 0 saturated carbocycles. The standard InChI is InChI=1S/C18H35NO3/c1-4-5-6-7-8-9-10-11-12-13-17(20)16(19)14-18(21)22-15(2)3/h15-16H,4-14,19H2,1-3H3. The van der Waals surface area contributed by atoms with Gasteiger partial charge >= 0.3 is 5.97 Å². The summed E-state index contributed by atoms with van der Waals surface area (Å²) < 4.78 is 5.00. The van der Waals surface area contributed by atoms with Crippen LogP contribution in [0.15, 0.2) is 0 Å². The van der Waals surface area contributed by atoms with E-state index in [0.717, 1.165) is 12.8 Å². The molecule has 0 aliphatic heterocycles. The highest BCUT2D eigenvalue weighted by molar-refractivity contribution is 5.88. The van der Waals surface area contributed by atoms with E-state index < -0.39 is 6.04 Å². The topological polar surface area (TPSA) is 69.4 Å². The smallest absolute Gasteiger partial charge is 0.308 e. The summed E-state index contributed by atoms with van der Waals surface area (Å²) >= 11 is 0. The molecule has 0 radical (unpaired) electrons. The maximum atomic E-state index is 11.8. The average Bonchev–Trinajstić information content (AvgIpc) is 2.44. The number of carbonyl (C=O) groups excluding carboxylic acids is 2. The summed E-state index contributed by atoms with van der Waals surface area (Å²) in [5, 5.41) is 0. The Labute approximate surface area is 136 Å². The normalized spacial score (nSPS) is 12.4. The van der Waals surface area contributed by atoms with Crippen LogP contribution in [0, 0.1) is 0 Å². The minimum absolute atomic E-state index is 0.00551. The zero-order valence-electron chi connectivity index (χ0n) is 14.7. The summed E-state index contributed by atoms with van der Waals surface area (Å²) in [5.74, 6) is -0.411. The van der Waals surface area contributed by atoms with Gasteiger partial charge in [-0.25, -0.2) is 0 Å². The Morgan fingerprint density at radius 2 is 1.41 bits per heavy atom. The summed E-state index contributed by atoms with van der Waals surface area (Å²) in [6.45, 7) is 5.80. The van der Waals surface area contributed by atoms with Crippen molar-refractivity contribution < 1.29 is 14.3 Å². The number of hydrogen-bond donors (Lipinski definition) is 1. The molecule has 0 aromatic carbocycles. The molecule has 0 spiro atoms. The molecule has 0 heterocycles. The van der Waals surface area contributed by atoms with Gasteiger partial charge < -0.3 is 10.5 Å². The number of esters is 1. The highest BCUT2D eigenvalue weighted by Gasteiger charge is 2.18. The second-order valence-electron chi connectivity index (χ2n) is 6.39. The van der Waals surface area contributed by atoms with E-state index in [4.69, 9.17) is 10.5 Å². The maximum Gasteiger partial charge on any atom is 0.308 e. The summed E-state index contributed by atoms with van der Waals surface area (Å²) in [5.41, 5.74) is 5.75. The number of carbonyl (C=O) groups is 2. The largest absolute Gasteiger partial charge is 0.463 e. The summed E-state index contributed by atoms with van der Waals surface area (Å²) in [7, 11) is 0. The SMILES string of the molecule is CCCCCCCCCCCC(=O)C(N)CC(=O)OC(C)C. The molecule has 0 aromatic rings. The second-order valence-corrected chi connectivity index (χ2v) is 6.39. The van der Waals surface area contributed by atoms with E-state index in [0.29, 0.717) is 6.42 Å². The number of ketones is 1. The van der Waals surface area contributed by atoms with Gasteiger partial charge in [0.1, 0.15) is 5.78 Å². The minimum atomic E-state index is -0.708. The van der Waals surface area contributed by atoms with Crippen molar-refractivity contribution in [2.24, 2.45) is 5.73 Å². The molecule has 0 amide bonds. The fourth-order valence-corrected chi connectivity index (χ4v) is 2.40. The van der Waals surface area contributed by atoms with Crippen LogP contribution in [0.3, 0.4) is 0 Å². The Kier molecular flexibility index (Phi) is 13.2.